The molecule has 0 saturated carbocycles. The molecule has 0 fully saturated rings. The lowest BCUT2D eigenvalue weighted by Gasteiger charge is -2.12. The normalized spacial score (nSPS) is 12.3. The van der Waals surface area contributed by atoms with Crippen LogP contribution in [0.25, 0.3) is 0 Å². The van der Waals surface area contributed by atoms with E-state index in [-0.39, 0.29) is 0 Å². The van der Waals surface area contributed by atoms with Gasteiger partial charge in [0.25, 0.3) is 0 Å². The van der Waals surface area contributed by atoms with Crippen molar-refractivity contribution in [2.24, 2.45) is 0 Å². The molecule has 0 aliphatic carbocycles. The van der Waals surface area contributed by atoms with Gasteiger partial charge in [0.05, 0.1) is 0 Å². The van der Waals surface area contributed by atoms with Crippen molar-refractivity contribution < 1.29 is 5.11 Å². The van der Waals surface area contributed by atoms with Gasteiger partial charge in [-0.3, -0.25) is 0 Å². The van der Waals surface area contributed by atoms with Crippen LogP contribution in [-0.4, -0.2) is 16.1 Å². The third-order valence-electron chi connectivity index (χ3n) is 2.60. The highest BCUT2D eigenvalue weighted by Gasteiger charge is 2.04. The molecule has 0 spiro atoms. The van der Waals surface area contributed by atoms with Gasteiger partial charge in [0.1, 0.15) is 5.75 Å². The number of anilines is 1. The average molecular weight is 248 g/mol. The lowest BCUT2D eigenvalue weighted by molar-refractivity contribution is 0.475. The molecule has 1 heterocycles. The summed E-state index contributed by atoms with van der Waals surface area (Å²) in [5, 5.41) is 15.5. The number of hydrogen-bond acceptors (Lipinski definition) is 4. The summed E-state index contributed by atoms with van der Waals surface area (Å²) in [6, 6.07) is 7.79. The van der Waals surface area contributed by atoms with Crippen molar-refractivity contribution in [2.45, 2.75) is 25.8 Å². The van der Waals surface area contributed by atoms with E-state index < -0.39 is 0 Å². The summed E-state index contributed by atoms with van der Waals surface area (Å²) in [6.07, 6.45) is 3.85. The van der Waals surface area contributed by atoms with Gasteiger partial charge in [0.2, 0.25) is 0 Å². The third-order valence-corrected chi connectivity index (χ3v) is 3.31. The van der Waals surface area contributed by atoms with Crippen molar-refractivity contribution in [1.82, 2.24) is 4.98 Å². The van der Waals surface area contributed by atoms with E-state index in [1.807, 2.05) is 17.5 Å². The zero-order valence-corrected chi connectivity index (χ0v) is 10.6. The van der Waals surface area contributed by atoms with Gasteiger partial charge in [0, 0.05) is 17.6 Å². The number of benzene rings is 1. The Morgan fingerprint density at radius 2 is 2.12 bits per heavy atom. The Balaban J connectivity index is 1.79. The Bertz CT molecular complexity index is 439. The molecule has 0 saturated heterocycles. The molecule has 0 amide bonds. The number of phenolic OH excluding ortho intramolecular Hbond substituents is 1. The Kier molecular flexibility index (Phi) is 3.98. The summed E-state index contributed by atoms with van der Waals surface area (Å²) < 4.78 is 0. The SMILES string of the molecule is CC(CCc1ccc(O)cc1)Nc1nccs1. The Hall–Kier alpha value is -1.55. The van der Waals surface area contributed by atoms with Gasteiger partial charge in [-0.1, -0.05) is 12.1 Å². The highest BCUT2D eigenvalue weighted by atomic mass is 32.1. The number of aromatic nitrogens is 1. The van der Waals surface area contributed by atoms with E-state index in [9.17, 15) is 5.11 Å². The molecule has 1 unspecified atom stereocenters. The second kappa shape index (κ2) is 5.68. The standard InChI is InChI=1S/C13H16N2OS/c1-10(15-13-14-8-9-17-13)2-3-11-4-6-12(16)7-5-11/h4-10,16H,2-3H2,1H3,(H,14,15). The predicted molar refractivity (Wildman–Crippen MR) is 71.6 cm³/mol. The summed E-state index contributed by atoms with van der Waals surface area (Å²) >= 11 is 1.62. The Labute approximate surface area is 105 Å². The van der Waals surface area contributed by atoms with Crippen LogP contribution in [0, 0.1) is 0 Å². The van der Waals surface area contributed by atoms with E-state index >= 15 is 0 Å². The summed E-state index contributed by atoms with van der Waals surface area (Å²) in [4.78, 5) is 4.20. The quantitative estimate of drug-likeness (QED) is 0.853. The van der Waals surface area contributed by atoms with Crippen molar-refractivity contribution in [1.29, 1.82) is 0 Å². The predicted octanol–water partition coefficient (Wildman–Crippen LogP) is 3.28. The zero-order chi connectivity index (χ0) is 12.1. The summed E-state index contributed by atoms with van der Waals surface area (Å²) in [6.45, 7) is 2.15. The number of nitrogens with one attached hydrogen (secondary N) is 1. The van der Waals surface area contributed by atoms with Crippen LogP contribution < -0.4 is 5.32 Å². The van der Waals surface area contributed by atoms with Crippen molar-refractivity contribution in [3.05, 3.63) is 41.4 Å². The molecule has 90 valence electrons. The maximum Gasteiger partial charge on any atom is 0.182 e. The fourth-order valence-electron chi connectivity index (χ4n) is 1.62. The summed E-state index contributed by atoms with van der Waals surface area (Å²) in [5.41, 5.74) is 1.25. The van der Waals surface area contributed by atoms with Gasteiger partial charge in [-0.05, 0) is 37.5 Å². The number of rotatable bonds is 5. The number of aromatic hydroxyl groups is 1. The van der Waals surface area contributed by atoms with Crippen molar-refractivity contribution in [2.75, 3.05) is 5.32 Å². The molecule has 17 heavy (non-hydrogen) atoms. The van der Waals surface area contributed by atoms with E-state index in [1.54, 1.807) is 29.7 Å². The van der Waals surface area contributed by atoms with Crippen molar-refractivity contribution in [3.63, 3.8) is 0 Å². The second-order valence-corrected chi connectivity index (χ2v) is 4.98. The minimum atomic E-state index is 0.322. The summed E-state index contributed by atoms with van der Waals surface area (Å²) in [7, 11) is 0. The van der Waals surface area contributed by atoms with Crippen LogP contribution in [0.3, 0.4) is 0 Å². The van der Waals surface area contributed by atoms with Crippen LogP contribution in [0.15, 0.2) is 35.8 Å². The number of nitrogens with zero attached hydrogens (tertiary/aromatic N) is 1. The average Bonchev–Trinajstić information content (AvgIpc) is 2.81. The molecule has 4 heteroatoms. The molecule has 1 atom stereocenters. The van der Waals surface area contributed by atoms with Crippen LogP contribution >= 0.6 is 11.3 Å². The van der Waals surface area contributed by atoms with Crippen LogP contribution in [0.2, 0.25) is 0 Å². The van der Waals surface area contributed by atoms with E-state index in [4.69, 9.17) is 0 Å². The van der Waals surface area contributed by atoms with Crippen molar-refractivity contribution in [3.8, 4) is 5.75 Å². The van der Waals surface area contributed by atoms with Crippen LogP contribution in [0.5, 0.6) is 5.75 Å². The smallest absolute Gasteiger partial charge is 0.182 e. The van der Waals surface area contributed by atoms with Gasteiger partial charge < -0.3 is 10.4 Å². The highest BCUT2D eigenvalue weighted by molar-refractivity contribution is 7.13. The zero-order valence-electron chi connectivity index (χ0n) is 9.76. The maximum atomic E-state index is 9.19. The first kappa shape index (κ1) is 11.9. The molecule has 3 nitrogen and oxygen atoms in total. The third kappa shape index (κ3) is 3.75. The van der Waals surface area contributed by atoms with Crippen molar-refractivity contribution >= 4 is 16.5 Å². The molecule has 2 aromatic rings. The second-order valence-electron chi connectivity index (χ2n) is 4.09. The van der Waals surface area contributed by atoms with E-state index in [0.717, 1.165) is 18.0 Å². The number of hydrogen-bond donors (Lipinski definition) is 2. The number of thiazole rings is 1. The molecular formula is C13H16N2OS. The highest BCUT2D eigenvalue weighted by Crippen LogP contribution is 2.15. The minimum Gasteiger partial charge on any atom is -0.508 e. The molecule has 0 bridgehead atoms. The fourth-order valence-corrected chi connectivity index (χ4v) is 2.27. The van der Waals surface area contributed by atoms with Crippen LogP contribution in [0.1, 0.15) is 18.9 Å². The fraction of sp³-hybridized carbons (Fsp3) is 0.308. The lowest BCUT2D eigenvalue weighted by Crippen LogP contribution is -2.15. The molecule has 0 aliphatic rings. The molecule has 2 rings (SSSR count). The summed E-state index contributed by atoms with van der Waals surface area (Å²) in [5.74, 6) is 0.322. The van der Waals surface area contributed by atoms with Gasteiger partial charge >= 0.3 is 0 Å². The largest absolute Gasteiger partial charge is 0.508 e. The minimum absolute atomic E-state index is 0.322. The topological polar surface area (TPSA) is 45.1 Å². The first-order valence-corrected chi connectivity index (χ1v) is 6.56. The van der Waals surface area contributed by atoms with Crippen LogP contribution in [0.4, 0.5) is 5.13 Å². The molecule has 2 N–H and O–H groups in total. The Morgan fingerprint density at radius 1 is 1.35 bits per heavy atom. The van der Waals surface area contributed by atoms with Gasteiger partial charge in [-0.25, -0.2) is 4.98 Å². The first-order valence-electron chi connectivity index (χ1n) is 5.68. The number of aryl methyl sites for hydroxylation is 1. The molecule has 0 radical (unpaired) electrons. The van der Waals surface area contributed by atoms with Gasteiger partial charge in [0.15, 0.2) is 5.13 Å². The van der Waals surface area contributed by atoms with Crippen LogP contribution in [-0.2, 0) is 6.42 Å². The van der Waals surface area contributed by atoms with E-state index in [0.29, 0.717) is 11.8 Å². The van der Waals surface area contributed by atoms with E-state index in [1.165, 1.54) is 5.56 Å². The molecule has 1 aromatic carbocycles. The van der Waals surface area contributed by atoms with Gasteiger partial charge in [-0.15, -0.1) is 11.3 Å². The lowest BCUT2D eigenvalue weighted by atomic mass is 10.1. The monoisotopic (exact) mass is 248 g/mol. The van der Waals surface area contributed by atoms with Gasteiger partial charge in [-0.2, -0.15) is 0 Å². The molecule has 1 aromatic heterocycles. The van der Waals surface area contributed by atoms with E-state index in [2.05, 4.69) is 17.2 Å². The molecular weight excluding hydrogens is 232 g/mol. The first-order chi connectivity index (χ1) is 8.24. The number of phenols is 1. The maximum absolute atomic E-state index is 9.19. The Morgan fingerprint density at radius 3 is 2.76 bits per heavy atom. The molecule has 0 aliphatic heterocycles.